The van der Waals surface area contributed by atoms with Gasteiger partial charge in [-0.05, 0) is 35.2 Å². The molecule has 0 saturated carbocycles. The summed E-state index contributed by atoms with van der Waals surface area (Å²) in [5, 5.41) is 3.13. The average molecular weight is 499 g/mol. The molecule has 3 aliphatic rings. The molecule has 1 amide bonds. The molecule has 9 nitrogen and oxygen atoms in total. The largest absolute Gasteiger partial charge is 0.454 e. The normalized spacial score (nSPS) is 19.0. The number of benzene rings is 2. The van der Waals surface area contributed by atoms with Crippen LogP contribution in [0.2, 0.25) is 0 Å². The molecule has 0 bridgehead atoms. The van der Waals surface area contributed by atoms with E-state index in [4.69, 9.17) is 9.47 Å². The number of carbonyl (C=O) groups excluding carboxylic acids is 1. The summed E-state index contributed by atoms with van der Waals surface area (Å²) in [7, 11) is -3.74. The molecule has 0 radical (unpaired) electrons. The number of amides is 1. The van der Waals surface area contributed by atoms with E-state index in [1.54, 1.807) is 24.3 Å². The van der Waals surface area contributed by atoms with Gasteiger partial charge in [-0.15, -0.1) is 4.40 Å². The van der Waals surface area contributed by atoms with Gasteiger partial charge in [-0.2, -0.15) is 8.42 Å². The molecule has 1 N–H and O–H groups in total. The lowest BCUT2D eigenvalue weighted by Gasteiger charge is -2.36. The minimum absolute atomic E-state index is 0.0809. The molecule has 1 fully saturated rings. The summed E-state index contributed by atoms with van der Waals surface area (Å²) in [5.41, 5.74) is 1.24. The van der Waals surface area contributed by atoms with Crippen LogP contribution in [0.25, 0.3) is 0 Å². The summed E-state index contributed by atoms with van der Waals surface area (Å²) in [6.07, 6.45) is 0.675. The molecule has 10 heteroatoms. The number of nitrogens with one attached hydrogen (secondary N) is 1. The van der Waals surface area contributed by atoms with Crippen molar-refractivity contribution in [1.82, 2.24) is 9.80 Å². The van der Waals surface area contributed by atoms with E-state index in [0.717, 1.165) is 36.7 Å². The molecule has 3 aliphatic heterocycles. The molecular weight excluding hydrogens is 468 g/mol. The highest BCUT2D eigenvalue weighted by molar-refractivity contribution is 7.90. The molecule has 0 aromatic heterocycles. The van der Waals surface area contributed by atoms with E-state index in [1.807, 2.05) is 36.9 Å². The predicted octanol–water partition coefficient (Wildman–Crippen LogP) is 3.08. The van der Waals surface area contributed by atoms with E-state index < -0.39 is 15.4 Å². The summed E-state index contributed by atoms with van der Waals surface area (Å²) in [6.45, 7) is 7.93. The van der Waals surface area contributed by atoms with Gasteiger partial charge in [-0.1, -0.05) is 32.0 Å². The van der Waals surface area contributed by atoms with Crippen molar-refractivity contribution < 1.29 is 22.7 Å². The van der Waals surface area contributed by atoms with Crippen LogP contribution < -0.4 is 14.8 Å². The molecule has 186 valence electrons. The van der Waals surface area contributed by atoms with Crippen molar-refractivity contribution in [1.29, 1.82) is 0 Å². The van der Waals surface area contributed by atoms with E-state index in [9.17, 15) is 13.2 Å². The SMILES string of the molecule is CC(C)(CC(=O)N1CCN(Cc2ccc3c(c2)OCO3)CC1)CC1=NS(=O)(=O)c2ccccc2N1. The molecule has 35 heavy (non-hydrogen) atoms. The number of amidine groups is 1. The van der Waals surface area contributed by atoms with E-state index in [0.29, 0.717) is 37.5 Å². The molecule has 2 aromatic rings. The van der Waals surface area contributed by atoms with Gasteiger partial charge in [0.15, 0.2) is 11.5 Å². The number of rotatable bonds is 6. The molecular formula is C25H30N4O5S. The van der Waals surface area contributed by atoms with Crippen molar-refractivity contribution >= 4 is 27.5 Å². The van der Waals surface area contributed by atoms with Gasteiger partial charge in [-0.3, -0.25) is 9.69 Å². The summed E-state index contributed by atoms with van der Waals surface area (Å²) >= 11 is 0. The Morgan fingerprint density at radius 2 is 1.80 bits per heavy atom. The second-order valence-corrected chi connectivity index (χ2v) is 11.6. The van der Waals surface area contributed by atoms with Gasteiger partial charge in [-0.25, -0.2) is 0 Å². The number of hydrogen-bond donors (Lipinski definition) is 1. The molecule has 5 rings (SSSR count). The zero-order valence-electron chi connectivity index (χ0n) is 20.0. The maximum Gasteiger partial charge on any atom is 0.286 e. The van der Waals surface area contributed by atoms with Crippen molar-refractivity contribution in [3.63, 3.8) is 0 Å². The van der Waals surface area contributed by atoms with Crippen molar-refractivity contribution in [3.05, 3.63) is 48.0 Å². The van der Waals surface area contributed by atoms with E-state index in [-0.39, 0.29) is 17.6 Å². The predicted molar refractivity (Wildman–Crippen MR) is 132 cm³/mol. The number of hydrogen-bond acceptors (Lipinski definition) is 7. The lowest BCUT2D eigenvalue weighted by molar-refractivity contribution is -0.135. The number of para-hydroxylation sites is 1. The lowest BCUT2D eigenvalue weighted by atomic mass is 9.84. The summed E-state index contributed by atoms with van der Waals surface area (Å²) in [5.74, 6) is 2.02. The van der Waals surface area contributed by atoms with Gasteiger partial charge in [0, 0.05) is 45.6 Å². The van der Waals surface area contributed by atoms with Crippen molar-refractivity contribution in [2.24, 2.45) is 9.81 Å². The van der Waals surface area contributed by atoms with Gasteiger partial charge in [0.25, 0.3) is 10.0 Å². The topological polar surface area (TPSA) is 101 Å². The van der Waals surface area contributed by atoms with Crippen LogP contribution in [-0.2, 0) is 21.4 Å². The summed E-state index contributed by atoms with van der Waals surface area (Å²) < 4.78 is 39.9. The van der Waals surface area contributed by atoms with E-state index >= 15 is 0 Å². The smallest absolute Gasteiger partial charge is 0.286 e. The van der Waals surface area contributed by atoms with Crippen LogP contribution in [-0.4, -0.2) is 62.9 Å². The quantitative estimate of drug-likeness (QED) is 0.653. The number of fused-ring (bicyclic) bond motifs is 2. The Morgan fingerprint density at radius 3 is 2.60 bits per heavy atom. The molecule has 1 saturated heterocycles. The molecule has 0 atom stereocenters. The monoisotopic (exact) mass is 498 g/mol. The second kappa shape index (κ2) is 9.16. The van der Waals surface area contributed by atoms with Crippen LogP contribution in [0.3, 0.4) is 0 Å². The minimum atomic E-state index is -3.74. The molecule has 2 aromatic carbocycles. The van der Waals surface area contributed by atoms with Crippen molar-refractivity contribution in [2.45, 2.75) is 38.1 Å². The number of carbonyl (C=O) groups is 1. The van der Waals surface area contributed by atoms with Crippen LogP contribution in [0.4, 0.5) is 5.69 Å². The highest BCUT2D eigenvalue weighted by atomic mass is 32.2. The van der Waals surface area contributed by atoms with Gasteiger partial charge in [0.2, 0.25) is 12.7 Å². The number of piperazine rings is 1. The number of nitrogens with zero attached hydrogens (tertiary/aromatic N) is 3. The summed E-state index contributed by atoms with van der Waals surface area (Å²) in [4.78, 5) is 17.5. The number of ether oxygens (including phenoxy) is 2. The van der Waals surface area contributed by atoms with Crippen molar-refractivity contribution in [3.8, 4) is 11.5 Å². The maximum absolute atomic E-state index is 13.1. The first-order valence-corrected chi connectivity index (χ1v) is 13.2. The Kier molecular flexibility index (Phi) is 6.18. The Labute approximate surface area is 205 Å². The molecule has 0 spiro atoms. The number of anilines is 1. The highest BCUT2D eigenvalue weighted by Crippen LogP contribution is 2.34. The Morgan fingerprint density at radius 1 is 1.06 bits per heavy atom. The average Bonchev–Trinajstić information content (AvgIpc) is 3.26. The maximum atomic E-state index is 13.1. The first-order chi connectivity index (χ1) is 16.7. The Balaban J connectivity index is 1.14. The fraction of sp³-hybridized carbons (Fsp3) is 0.440. The second-order valence-electron chi connectivity index (χ2n) is 10.00. The van der Waals surface area contributed by atoms with Crippen LogP contribution in [0.5, 0.6) is 11.5 Å². The van der Waals surface area contributed by atoms with Gasteiger partial charge < -0.3 is 19.7 Å². The van der Waals surface area contributed by atoms with Crippen LogP contribution >= 0.6 is 0 Å². The third kappa shape index (κ3) is 5.28. The molecule has 3 heterocycles. The van der Waals surface area contributed by atoms with E-state index in [1.165, 1.54) is 0 Å². The van der Waals surface area contributed by atoms with Crippen LogP contribution in [0.15, 0.2) is 51.8 Å². The van der Waals surface area contributed by atoms with Gasteiger partial charge in [0.1, 0.15) is 10.7 Å². The Hall–Kier alpha value is -3.11. The van der Waals surface area contributed by atoms with Gasteiger partial charge >= 0.3 is 0 Å². The first-order valence-electron chi connectivity index (χ1n) is 11.8. The fourth-order valence-electron chi connectivity index (χ4n) is 4.73. The van der Waals surface area contributed by atoms with Crippen LogP contribution in [0.1, 0.15) is 32.3 Å². The van der Waals surface area contributed by atoms with Gasteiger partial charge in [0.05, 0.1) is 5.69 Å². The summed E-state index contributed by atoms with van der Waals surface area (Å²) in [6, 6.07) is 12.7. The third-order valence-electron chi connectivity index (χ3n) is 6.52. The standard InChI is InChI=1S/C25H30N4O5S/c1-25(2,14-23-26-19-5-3-4-6-22(19)35(31,32)27-23)15-24(30)29-11-9-28(10-12-29)16-18-7-8-20-21(13-18)34-17-33-20/h3-8,13H,9-12,14-17H2,1-2H3,(H,26,27). The number of sulfonamides is 1. The van der Waals surface area contributed by atoms with Crippen molar-refractivity contribution in [2.75, 3.05) is 38.3 Å². The van der Waals surface area contributed by atoms with Crippen LogP contribution in [0, 0.1) is 5.41 Å². The zero-order chi connectivity index (χ0) is 24.6. The Bertz CT molecular complexity index is 1270. The third-order valence-corrected chi connectivity index (χ3v) is 7.89. The first kappa shape index (κ1) is 23.6. The fourth-order valence-corrected chi connectivity index (χ4v) is 5.88. The highest BCUT2D eigenvalue weighted by Gasteiger charge is 2.32. The molecule has 0 unspecified atom stereocenters. The van der Waals surface area contributed by atoms with E-state index in [2.05, 4.69) is 14.6 Å². The lowest BCUT2D eigenvalue weighted by Crippen LogP contribution is -2.49. The minimum Gasteiger partial charge on any atom is -0.454 e. The molecule has 0 aliphatic carbocycles. The zero-order valence-corrected chi connectivity index (χ0v) is 20.8.